The predicted molar refractivity (Wildman–Crippen MR) is 97.5 cm³/mol. The second-order valence-electron chi connectivity index (χ2n) is 5.99. The fourth-order valence-corrected chi connectivity index (χ4v) is 3.16. The second-order valence-corrected chi connectivity index (χ2v) is 7.01. The Morgan fingerprint density at radius 3 is 2.27 bits per heavy atom. The molecule has 0 fully saturated rings. The van der Waals surface area contributed by atoms with Gasteiger partial charge >= 0.3 is 11.9 Å². The molecule has 1 aromatic heterocycles. The van der Waals surface area contributed by atoms with E-state index in [0.29, 0.717) is 10.4 Å². The Morgan fingerprint density at radius 1 is 1.15 bits per heavy atom. The van der Waals surface area contributed by atoms with Gasteiger partial charge in [-0.15, -0.1) is 11.3 Å². The highest BCUT2D eigenvalue weighted by molar-refractivity contribution is 7.18. The first-order chi connectivity index (χ1) is 12.1. The van der Waals surface area contributed by atoms with E-state index in [9.17, 15) is 19.2 Å². The standard InChI is InChI=1S/C17H24N2O6S/c1-7-24-17(23)12-10(4)13(15(21)19(5)6)26-14(12)18-11(20)8-25-16(22)9(2)3/h9H,7-8H2,1-6H3,(H,18,20). The first-order valence-corrected chi connectivity index (χ1v) is 8.90. The molecule has 0 radical (unpaired) electrons. The summed E-state index contributed by atoms with van der Waals surface area (Å²) in [5.74, 6) is -2.38. The van der Waals surface area contributed by atoms with E-state index in [-0.39, 0.29) is 29.0 Å². The zero-order valence-electron chi connectivity index (χ0n) is 15.8. The van der Waals surface area contributed by atoms with Crippen molar-refractivity contribution in [2.24, 2.45) is 5.92 Å². The van der Waals surface area contributed by atoms with Crippen LogP contribution < -0.4 is 5.32 Å². The maximum absolute atomic E-state index is 12.3. The maximum Gasteiger partial charge on any atom is 0.341 e. The number of amides is 2. The largest absolute Gasteiger partial charge is 0.462 e. The van der Waals surface area contributed by atoms with Crippen LogP contribution in [-0.2, 0) is 19.1 Å². The quantitative estimate of drug-likeness (QED) is 0.722. The van der Waals surface area contributed by atoms with Gasteiger partial charge in [-0.25, -0.2) is 4.79 Å². The van der Waals surface area contributed by atoms with E-state index >= 15 is 0 Å². The molecule has 1 heterocycles. The highest BCUT2D eigenvalue weighted by Gasteiger charge is 2.27. The fraction of sp³-hybridized carbons (Fsp3) is 0.529. The molecular weight excluding hydrogens is 360 g/mol. The monoisotopic (exact) mass is 384 g/mol. The summed E-state index contributed by atoms with van der Waals surface area (Å²) in [6, 6.07) is 0. The van der Waals surface area contributed by atoms with Gasteiger partial charge < -0.3 is 19.7 Å². The van der Waals surface area contributed by atoms with E-state index in [1.54, 1.807) is 41.8 Å². The van der Waals surface area contributed by atoms with Gasteiger partial charge in [0.2, 0.25) is 0 Å². The third kappa shape index (κ3) is 5.29. The molecule has 2 amide bonds. The first kappa shape index (κ1) is 21.6. The van der Waals surface area contributed by atoms with Crippen LogP contribution in [0.15, 0.2) is 0 Å². The Morgan fingerprint density at radius 2 is 1.77 bits per heavy atom. The first-order valence-electron chi connectivity index (χ1n) is 8.08. The number of ether oxygens (including phenoxy) is 2. The molecule has 9 heteroatoms. The number of anilines is 1. The zero-order chi connectivity index (χ0) is 20.0. The number of hydrogen-bond acceptors (Lipinski definition) is 7. The zero-order valence-corrected chi connectivity index (χ0v) is 16.6. The minimum absolute atomic E-state index is 0.130. The van der Waals surface area contributed by atoms with E-state index in [2.05, 4.69) is 5.32 Å². The summed E-state index contributed by atoms with van der Waals surface area (Å²) in [6.07, 6.45) is 0. The van der Waals surface area contributed by atoms with Crippen molar-refractivity contribution in [2.75, 3.05) is 32.6 Å². The van der Waals surface area contributed by atoms with Crippen LogP contribution in [-0.4, -0.2) is 56.0 Å². The van der Waals surface area contributed by atoms with Gasteiger partial charge in [-0.2, -0.15) is 0 Å². The molecule has 144 valence electrons. The van der Waals surface area contributed by atoms with Crippen LogP contribution in [0.3, 0.4) is 0 Å². The molecule has 0 bridgehead atoms. The SMILES string of the molecule is CCOC(=O)c1c(NC(=O)COC(=O)C(C)C)sc(C(=O)N(C)C)c1C. The molecule has 1 N–H and O–H groups in total. The Balaban J connectivity index is 3.10. The lowest BCUT2D eigenvalue weighted by Crippen LogP contribution is -2.23. The molecule has 0 aliphatic carbocycles. The molecule has 0 atom stereocenters. The number of nitrogens with one attached hydrogen (secondary N) is 1. The van der Waals surface area contributed by atoms with E-state index in [1.165, 1.54) is 4.90 Å². The summed E-state index contributed by atoms with van der Waals surface area (Å²) in [5.41, 5.74) is 0.562. The number of thiophene rings is 1. The van der Waals surface area contributed by atoms with Crippen molar-refractivity contribution in [1.82, 2.24) is 4.90 Å². The van der Waals surface area contributed by atoms with Crippen LogP contribution in [0.1, 0.15) is 46.4 Å². The molecule has 8 nitrogen and oxygen atoms in total. The van der Waals surface area contributed by atoms with Gasteiger partial charge in [0.25, 0.3) is 11.8 Å². The van der Waals surface area contributed by atoms with Crippen molar-refractivity contribution in [2.45, 2.75) is 27.7 Å². The highest BCUT2D eigenvalue weighted by Crippen LogP contribution is 2.34. The van der Waals surface area contributed by atoms with E-state index in [1.807, 2.05) is 0 Å². The van der Waals surface area contributed by atoms with Crippen LogP contribution in [0.2, 0.25) is 0 Å². The Labute approximate surface area is 156 Å². The number of hydrogen-bond donors (Lipinski definition) is 1. The smallest absolute Gasteiger partial charge is 0.341 e. The number of rotatable bonds is 7. The maximum atomic E-state index is 12.3. The van der Waals surface area contributed by atoms with E-state index in [4.69, 9.17) is 9.47 Å². The minimum atomic E-state index is -0.631. The van der Waals surface area contributed by atoms with Crippen molar-refractivity contribution in [3.8, 4) is 0 Å². The summed E-state index contributed by atoms with van der Waals surface area (Å²) >= 11 is 0.981. The predicted octanol–water partition coefficient (Wildman–Crippen LogP) is 2.07. The van der Waals surface area contributed by atoms with E-state index in [0.717, 1.165) is 11.3 Å². The third-order valence-corrected chi connectivity index (χ3v) is 4.49. The van der Waals surface area contributed by atoms with Gasteiger partial charge in [-0.3, -0.25) is 14.4 Å². The van der Waals surface area contributed by atoms with E-state index < -0.39 is 24.5 Å². The number of esters is 2. The van der Waals surface area contributed by atoms with Crippen molar-refractivity contribution in [3.05, 3.63) is 16.0 Å². The minimum Gasteiger partial charge on any atom is -0.462 e. The third-order valence-electron chi connectivity index (χ3n) is 3.30. The van der Waals surface area contributed by atoms with Crippen molar-refractivity contribution < 1.29 is 28.7 Å². The molecular formula is C17H24N2O6S. The topological polar surface area (TPSA) is 102 Å². The van der Waals surface area contributed by atoms with Gasteiger partial charge in [0, 0.05) is 14.1 Å². The number of carbonyl (C=O) groups is 4. The molecule has 0 spiro atoms. The van der Waals surface area contributed by atoms with Crippen LogP contribution in [0, 0.1) is 12.8 Å². The summed E-state index contributed by atoms with van der Waals surface area (Å²) in [4.78, 5) is 49.8. The van der Waals surface area contributed by atoms with Crippen LogP contribution in [0.25, 0.3) is 0 Å². The lowest BCUT2D eigenvalue weighted by atomic mass is 10.1. The van der Waals surface area contributed by atoms with Crippen LogP contribution >= 0.6 is 11.3 Å². The van der Waals surface area contributed by atoms with Crippen molar-refractivity contribution in [1.29, 1.82) is 0 Å². The van der Waals surface area contributed by atoms with Crippen molar-refractivity contribution in [3.63, 3.8) is 0 Å². The molecule has 0 aliphatic heterocycles. The van der Waals surface area contributed by atoms with Gasteiger partial charge in [0.05, 0.1) is 23.0 Å². The van der Waals surface area contributed by atoms with Crippen LogP contribution in [0.5, 0.6) is 0 Å². The van der Waals surface area contributed by atoms with Gasteiger partial charge in [0.15, 0.2) is 6.61 Å². The average Bonchev–Trinajstić information content (AvgIpc) is 2.87. The molecule has 0 saturated carbocycles. The molecule has 1 aromatic rings. The Hall–Kier alpha value is -2.42. The molecule has 1 rings (SSSR count). The van der Waals surface area contributed by atoms with Crippen molar-refractivity contribution >= 4 is 40.1 Å². The molecule has 0 aliphatic rings. The summed E-state index contributed by atoms with van der Waals surface area (Å²) in [6.45, 7) is 6.27. The lowest BCUT2D eigenvalue weighted by molar-refractivity contribution is -0.150. The van der Waals surface area contributed by atoms with Gasteiger partial charge in [-0.1, -0.05) is 13.8 Å². The molecule has 0 aromatic carbocycles. The lowest BCUT2D eigenvalue weighted by Gasteiger charge is -2.09. The summed E-state index contributed by atoms with van der Waals surface area (Å²) < 4.78 is 9.89. The summed E-state index contributed by atoms with van der Waals surface area (Å²) in [5, 5.41) is 2.72. The molecule has 0 saturated heterocycles. The summed E-state index contributed by atoms with van der Waals surface area (Å²) in [7, 11) is 3.18. The molecule has 0 unspecified atom stereocenters. The average molecular weight is 384 g/mol. The normalized spacial score (nSPS) is 10.4. The molecule has 26 heavy (non-hydrogen) atoms. The highest BCUT2D eigenvalue weighted by atomic mass is 32.1. The van der Waals surface area contributed by atoms with Gasteiger partial charge in [0.1, 0.15) is 5.00 Å². The number of nitrogens with zero attached hydrogens (tertiary/aromatic N) is 1. The Bertz CT molecular complexity index is 708. The fourth-order valence-electron chi connectivity index (χ4n) is 1.92. The Kier molecular flexibility index (Phi) is 7.76. The second kappa shape index (κ2) is 9.33. The number of carbonyl (C=O) groups excluding carboxylic acids is 4. The van der Waals surface area contributed by atoms with Crippen LogP contribution in [0.4, 0.5) is 5.00 Å². The van der Waals surface area contributed by atoms with Gasteiger partial charge in [-0.05, 0) is 19.4 Å².